The molecule has 0 radical (unpaired) electrons. The molecule has 4 rings (SSSR count). The smallest absolute Gasteiger partial charge is 0.257 e. The Hall–Kier alpha value is -0.450. The van der Waals surface area contributed by atoms with Gasteiger partial charge in [-0.3, -0.25) is 10.2 Å². The van der Waals surface area contributed by atoms with Crippen LogP contribution in [0.4, 0.5) is 0 Å². The first-order valence-corrected chi connectivity index (χ1v) is 9.11. The van der Waals surface area contributed by atoms with Gasteiger partial charge < -0.3 is 10.4 Å². The average Bonchev–Trinajstić information content (AvgIpc) is 2.34. The van der Waals surface area contributed by atoms with E-state index in [1.165, 1.54) is 26.2 Å². The third-order valence-electron chi connectivity index (χ3n) is 5.54. The molecule has 4 aliphatic carbocycles. The number of alkyl halides is 3. The lowest BCUT2D eigenvalue weighted by molar-refractivity contribution is -0.122. The van der Waals surface area contributed by atoms with E-state index in [9.17, 15) is 9.90 Å². The van der Waals surface area contributed by atoms with Gasteiger partial charge in [0, 0.05) is 5.54 Å². The molecule has 7 heteroatoms. The molecule has 0 aromatic carbocycles. The lowest BCUT2D eigenvalue weighted by atomic mass is 9.53. The van der Waals surface area contributed by atoms with Gasteiger partial charge in [0.25, 0.3) is 5.91 Å². The second kappa shape index (κ2) is 5.82. The van der Waals surface area contributed by atoms with Gasteiger partial charge in [-0.1, -0.05) is 34.8 Å². The van der Waals surface area contributed by atoms with Crippen LogP contribution in [0.25, 0.3) is 0 Å². The number of halogens is 3. The molecule has 4 fully saturated rings. The van der Waals surface area contributed by atoms with Crippen LogP contribution < -0.4 is 5.32 Å². The van der Waals surface area contributed by atoms with E-state index < -0.39 is 15.4 Å². The first-order valence-electron chi connectivity index (χ1n) is 7.98. The quantitative estimate of drug-likeness (QED) is 0.296. The van der Waals surface area contributed by atoms with Crippen LogP contribution in [0.5, 0.6) is 0 Å². The number of hydrogen-bond acceptors (Lipinski definition) is 3. The highest BCUT2D eigenvalue weighted by atomic mass is 35.6. The third-order valence-corrected chi connectivity index (χ3v) is 6.11. The van der Waals surface area contributed by atoms with E-state index in [1.807, 2.05) is 0 Å². The molecule has 0 atom stereocenters. The lowest BCUT2D eigenvalue weighted by Crippen LogP contribution is -2.60. The second-order valence-corrected chi connectivity index (χ2v) is 9.77. The minimum Gasteiger partial charge on any atom is -0.512 e. The van der Waals surface area contributed by atoms with Crippen LogP contribution in [0.1, 0.15) is 45.4 Å². The number of carbonyl (C=O) groups excluding carboxylic acids is 1. The number of hydrogen-bond donors (Lipinski definition) is 3. The van der Waals surface area contributed by atoms with E-state index in [0.29, 0.717) is 17.8 Å². The van der Waals surface area contributed by atoms with Crippen molar-refractivity contribution in [3.05, 3.63) is 11.3 Å². The van der Waals surface area contributed by atoms with Crippen molar-refractivity contribution in [2.75, 3.05) is 0 Å². The fourth-order valence-electron chi connectivity index (χ4n) is 5.17. The molecule has 0 unspecified atom stereocenters. The largest absolute Gasteiger partial charge is 0.512 e. The van der Waals surface area contributed by atoms with Gasteiger partial charge in [-0.15, -0.1) is 0 Å². The summed E-state index contributed by atoms with van der Waals surface area (Å²) in [5.41, 5.74) is -0.953. The van der Waals surface area contributed by atoms with E-state index >= 15 is 0 Å². The highest BCUT2D eigenvalue weighted by molar-refractivity contribution is 6.78. The fraction of sp³-hybridized carbons (Fsp3) is 0.750. The summed E-state index contributed by atoms with van der Waals surface area (Å²) in [6.07, 6.45) is 6.72. The number of amides is 1. The zero-order valence-electron chi connectivity index (χ0n) is 13.0. The number of aliphatic hydroxyl groups is 1. The van der Waals surface area contributed by atoms with Crippen molar-refractivity contribution in [3.63, 3.8) is 0 Å². The normalized spacial score (nSPS) is 36.6. The van der Waals surface area contributed by atoms with Gasteiger partial charge >= 0.3 is 0 Å². The minimum absolute atomic E-state index is 0.222. The Morgan fingerprint density at radius 3 is 1.91 bits per heavy atom. The van der Waals surface area contributed by atoms with Crippen LogP contribution in [-0.4, -0.2) is 26.1 Å². The molecule has 4 bridgehead atoms. The van der Waals surface area contributed by atoms with Crippen LogP contribution in [-0.2, 0) is 4.79 Å². The van der Waals surface area contributed by atoms with Crippen LogP contribution in [0.2, 0.25) is 0 Å². The molecule has 0 aromatic rings. The van der Waals surface area contributed by atoms with Gasteiger partial charge in [0.05, 0.1) is 5.71 Å². The molecule has 4 nitrogen and oxygen atoms in total. The molecule has 1 amide bonds. The van der Waals surface area contributed by atoms with Gasteiger partial charge in [0.2, 0.25) is 3.79 Å². The monoisotopic (exact) mass is 378 g/mol. The van der Waals surface area contributed by atoms with Crippen LogP contribution >= 0.6 is 34.8 Å². The van der Waals surface area contributed by atoms with E-state index in [4.69, 9.17) is 40.2 Å². The minimum atomic E-state index is -2.04. The van der Waals surface area contributed by atoms with Crippen molar-refractivity contribution >= 4 is 46.4 Å². The topological polar surface area (TPSA) is 73.2 Å². The summed E-state index contributed by atoms with van der Waals surface area (Å²) in [5, 5.41) is 20.8. The van der Waals surface area contributed by atoms with Gasteiger partial charge in [0.15, 0.2) is 0 Å². The maximum atomic E-state index is 12.7. The van der Waals surface area contributed by atoms with Crippen molar-refractivity contribution in [3.8, 4) is 0 Å². The standard InChI is InChI=1S/C16H21Cl3N2O2/c1-8(22)12(13(20)16(17,18)19)14(23)21-15-5-9-2-10(6-15)4-11(3-9)7-15/h9-11,20,22H,2-7H2,1H3,(H,21,23). The Bertz CT molecular complexity index is 541. The SMILES string of the molecule is CC(O)=C(C(=N)C(Cl)(Cl)Cl)C(=O)NC12CC3CC(CC(C3)C1)C2. The Balaban J connectivity index is 1.81. The van der Waals surface area contributed by atoms with E-state index in [1.54, 1.807) is 0 Å². The molecule has 0 aliphatic heterocycles. The summed E-state index contributed by atoms with van der Waals surface area (Å²) in [6.45, 7) is 1.33. The maximum Gasteiger partial charge on any atom is 0.257 e. The summed E-state index contributed by atoms with van der Waals surface area (Å²) in [5.74, 6) is 1.22. The summed E-state index contributed by atoms with van der Waals surface area (Å²) in [6, 6.07) is 0. The number of rotatable bonds is 3. The zero-order valence-corrected chi connectivity index (χ0v) is 15.2. The number of aliphatic hydroxyl groups excluding tert-OH is 1. The molecule has 0 saturated heterocycles. The molecule has 23 heavy (non-hydrogen) atoms. The van der Waals surface area contributed by atoms with Crippen LogP contribution in [0.15, 0.2) is 11.3 Å². The van der Waals surface area contributed by atoms with Gasteiger partial charge in [-0.2, -0.15) is 0 Å². The first kappa shape index (κ1) is 17.4. The third kappa shape index (κ3) is 3.35. The number of nitrogens with one attached hydrogen (secondary N) is 2. The Morgan fingerprint density at radius 1 is 1.13 bits per heavy atom. The van der Waals surface area contributed by atoms with Crippen molar-refractivity contribution in [1.29, 1.82) is 5.41 Å². The number of carbonyl (C=O) groups is 1. The lowest BCUT2D eigenvalue weighted by Gasteiger charge is -2.57. The van der Waals surface area contributed by atoms with Crippen molar-refractivity contribution in [2.24, 2.45) is 17.8 Å². The summed E-state index contributed by atoms with van der Waals surface area (Å²) >= 11 is 17.2. The van der Waals surface area contributed by atoms with Gasteiger partial charge in [-0.05, 0) is 63.2 Å². The Morgan fingerprint density at radius 2 is 1.57 bits per heavy atom. The molecule has 0 aromatic heterocycles. The first-order chi connectivity index (χ1) is 10.6. The van der Waals surface area contributed by atoms with Crippen molar-refractivity contribution < 1.29 is 9.90 Å². The van der Waals surface area contributed by atoms with E-state index in [0.717, 1.165) is 19.3 Å². The molecule has 3 N–H and O–H groups in total. The fourth-order valence-corrected chi connectivity index (χ4v) is 5.45. The Labute approximate surface area is 151 Å². The van der Waals surface area contributed by atoms with Crippen LogP contribution in [0, 0.1) is 23.2 Å². The summed E-state index contributed by atoms with van der Waals surface area (Å²) < 4.78 is -2.04. The second-order valence-electron chi connectivity index (χ2n) is 7.49. The molecular weight excluding hydrogens is 359 g/mol. The molecule has 128 valence electrons. The highest BCUT2D eigenvalue weighted by Gasteiger charge is 2.52. The molecule has 0 heterocycles. The molecule has 4 saturated carbocycles. The maximum absolute atomic E-state index is 12.7. The summed E-state index contributed by atoms with van der Waals surface area (Å²) in [4.78, 5) is 12.7. The van der Waals surface area contributed by atoms with Crippen molar-refractivity contribution in [2.45, 2.75) is 54.8 Å². The van der Waals surface area contributed by atoms with E-state index in [-0.39, 0.29) is 16.9 Å². The Kier molecular flexibility index (Phi) is 4.40. The highest BCUT2D eigenvalue weighted by Crippen LogP contribution is 2.55. The van der Waals surface area contributed by atoms with Gasteiger partial charge in [0.1, 0.15) is 11.3 Å². The predicted octanol–water partition coefficient (Wildman–Crippen LogP) is 4.29. The van der Waals surface area contributed by atoms with E-state index in [2.05, 4.69) is 5.32 Å². The van der Waals surface area contributed by atoms with Crippen LogP contribution in [0.3, 0.4) is 0 Å². The predicted molar refractivity (Wildman–Crippen MR) is 92.4 cm³/mol. The average molecular weight is 380 g/mol. The molecule has 0 spiro atoms. The number of allylic oxidation sites excluding steroid dienone is 1. The van der Waals surface area contributed by atoms with Crippen molar-refractivity contribution in [1.82, 2.24) is 5.32 Å². The summed E-state index contributed by atoms with van der Waals surface area (Å²) in [7, 11) is 0. The molecular formula is C16H21Cl3N2O2. The molecule has 4 aliphatic rings. The zero-order chi connectivity index (χ0) is 17.0. The van der Waals surface area contributed by atoms with Gasteiger partial charge in [-0.25, -0.2) is 0 Å².